The molecule has 0 unspecified atom stereocenters. The van der Waals surface area contributed by atoms with E-state index in [1.165, 1.54) is 18.2 Å². The first-order chi connectivity index (χ1) is 8.01. The van der Waals surface area contributed by atoms with E-state index in [9.17, 15) is 8.78 Å². The molecule has 0 aliphatic heterocycles. The van der Waals surface area contributed by atoms with Gasteiger partial charge in [0.25, 0.3) is 5.92 Å². The van der Waals surface area contributed by atoms with E-state index >= 15 is 0 Å². The third-order valence-electron chi connectivity index (χ3n) is 2.34. The van der Waals surface area contributed by atoms with Gasteiger partial charge in [0.05, 0.1) is 11.6 Å². The van der Waals surface area contributed by atoms with Crippen LogP contribution in [0.25, 0.3) is 0 Å². The van der Waals surface area contributed by atoms with Crippen LogP contribution in [-0.4, -0.2) is 20.2 Å². The van der Waals surface area contributed by atoms with Crippen molar-refractivity contribution in [1.82, 2.24) is 5.32 Å². The molecule has 0 heterocycles. The zero-order valence-corrected chi connectivity index (χ0v) is 10.7. The van der Waals surface area contributed by atoms with Crippen molar-refractivity contribution in [3.8, 4) is 5.75 Å². The molecular formula is C12H16ClF2NO. The number of rotatable bonds is 6. The van der Waals surface area contributed by atoms with Gasteiger partial charge in [0.1, 0.15) is 5.75 Å². The lowest BCUT2D eigenvalue weighted by molar-refractivity contribution is -0.0123. The normalized spacial score (nSPS) is 11.6. The van der Waals surface area contributed by atoms with E-state index in [1.54, 1.807) is 7.05 Å². The fourth-order valence-corrected chi connectivity index (χ4v) is 1.66. The first-order valence-corrected chi connectivity index (χ1v) is 5.84. The lowest BCUT2D eigenvalue weighted by atomic mass is 10.1. The minimum atomic E-state index is -2.88. The summed E-state index contributed by atoms with van der Waals surface area (Å²) in [5.41, 5.74) is -0.0822. The maximum atomic E-state index is 13.7. The summed E-state index contributed by atoms with van der Waals surface area (Å²) >= 11 is 5.87. The first-order valence-electron chi connectivity index (χ1n) is 5.46. The molecule has 17 heavy (non-hydrogen) atoms. The summed E-state index contributed by atoms with van der Waals surface area (Å²) in [5, 5.41) is 2.92. The monoisotopic (exact) mass is 263 g/mol. The number of alkyl halides is 2. The highest BCUT2D eigenvalue weighted by Crippen LogP contribution is 2.35. The number of hydrogen-bond acceptors (Lipinski definition) is 2. The molecule has 2 nitrogen and oxygen atoms in total. The van der Waals surface area contributed by atoms with Crippen LogP contribution in [0.4, 0.5) is 8.78 Å². The number of ether oxygens (including phenoxy) is 1. The van der Waals surface area contributed by atoms with E-state index in [0.717, 1.165) is 0 Å². The van der Waals surface area contributed by atoms with E-state index in [4.69, 9.17) is 16.3 Å². The standard InChI is InChI=1S/C12H16ClF2NO/c1-3-17-11-5-4-9(8-10(11)13)12(14,15)6-7-16-2/h4-5,8,16H,3,6-7H2,1-2H3. The summed E-state index contributed by atoms with van der Waals surface area (Å²) in [6.45, 7) is 2.51. The van der Waals surface area contributed by atoms with E-state index in [0.29, 0.717) is 12.4 Å². The number of halogens is 3. The van der Waals surface area contributed by atoms with Crippen molar-refractivity contribution < 1.29 is 13.5 Å². The van der Waals surface area contributed by atoms with Crippen molar-refractivity contribution >= 4 is 11.6 Å². The maximum Gasteiger partial charge on any atom is 0.274 e. The van der Waals surface area contributed by atoms with Crippen LogP contribution in [0.5, 0.6) is 5.75 Å². The Kier molecular flexibility index (Phi) is 5.15. The van der Waals surface area contributed by atoms with Crippen molar-refractivity contribution in [2.24, 2.45) is 0 Å². The van der Waals surface area contributed by atoms with Crippen molar-refractivity contribution in [3.63, 3.8) is 0 Å². The molecule has 0 fully saturated rings. The molecule has 0 aliphatic carbocycles. The second-order valence-corrected chi connectivity index (χ2v) is 4.04. The second-order valence-electron chi connectivity index (χ2n) is 3.64. The van der Waals surface area contributed by atoms with E-state index in [1.807, 2.05) is 6.92 Å². The number of benzene rings is 1. The van der Waals surface area contributed by atoms with Crippen LogP contribution in [0.1, 0.15) is 18.9 Å². The molecule has 0 aromatic heterocycles. The van der Waals surface area contributed by atoms with Gasteiger partial charge >= 0.3 is 0 Å². The van der Waals surface area contributed by atoms with Gasteiger partial charge in [-0.1, -0.05) is 11.6 Å². The van der Waals surface area contributed by atoms with Gasteiger partial charge in [0.2, 0.25) is 0 Å². The molecule has 5 heteroatoms. The Balaban J connectivity index is 2.88. The molecule has 1 N–H and O–H groups in total. The highest BCUT2D eigenvalue weighted by atomic mass is 35.5. The molecule has 0 atom stereocenters. The summed E-state index contributed by atoms with van der Waals surface area (Å²) in [5.74, 6) is -2.44. The Morgan fingerprint density at radius 3 is 2.65 bits per heavy atom. The summed E-state index contributed by atoms with van der Waals surface area (Å²) in [4.78, 5) is 0. The van der Waals surface area contributed by atoms with E-state index in [-0.39, 0.29) is 23.6 Å². The Morgan fingerprint density at radius 1 is 1.41 bits per heavy atom. The fraction of sp³-hybridized carbons (Fsp3) is 0.500. The quantitative estimate of drug-likeness (QED) is 0.849. The van der Waals surface area contributed by atoms with Crippen molar-refractivity contribution in [2.75, 3.05) is 20.2 Å². The smallest absolute Gasteiger partial charge is 0.274 e. The SMILES string of the molecule is CCOc1ccc(C(F)(F)CCNC)cc1Cl. The van der Waals surface area contributed by atoms with Gasteiger partial charge in [0.15, 0.2) is 0 Å². The van der Waals surface area contributed by atoms with Gasteiger partial charge in [-0.15, -0.1) is 0 Å². The van der Waals surface area contributed by atoms with Crippen LogP contribution >= 0.6 is 11.6 Å². The topological polar surface area (TPSA) is 21.3 Å². The second kappa shape index (κ2) is 6.17. The predicted molar refractivity (Wildman–Crippen MR) is 65.1 cm³/mol. The van der Waals surface area contributed by atoms with Crippen LogP contribution in [0, 0.1) is 0 Å². The Labute approximate surface area is 105 Å². The minimum absolute atomic E-state index is 0.0822. The van der Waals surface area contributed by atoms with Crippen molar-refractivity contribution in [3.05, 3.63) is 28.8 Å². The number of nitrogens with one attached hydrogen (secondary N) is 1. The van der Waals surface area contributed by atoms with Gasteiger partial charge in [-0.25, -0.2) is 8.78 Å². The molecule has 1 aromatic rings. The molecule has 0 saturated heterocycles. The van der Waals surface area contributed by atoms with Crippen LogP contribution in [0.15, 0.2) is 18.2 Å². The third kappa shape index (κ3) is 3.82. The molecule has 1 aromatic carbocycles. The predicted octanol–water partition coefficient (Wildman–Crippen LogP) is 3.44. The lowest BCUT2D eigenvalue weighted by Gasteiger charge is -2.17. The highest BCUT2D eigenvalue weighted by Gasteiger charge is 2.31. The van der Waals surface area contributed by atoms with E-state index < -0.39 is 5.92 Å². The molecule has 96 valence electrons. The summed E-state index contributed by atoms with van der Waals surface area (Å²) < 4.78 is 32.6. The molecule has 0 bridgehead atoms. The van der Waals surface area contributed by atoms with Crippen molar-refractivity contribution in [2.45, 2.75) is 19.3 Å². The van der Waals surface area contributed by atoms with Crippen LogP contribution in [0.3, 0.4) is 0 Å². The Hall–Kier alpha value is -0.870. The molecule has 0 saturated carbocycles. The molecule has 0 radical (unpaired) electrons. The largest absolute Gasteiger partial charge is 0.492 e. The first kappa shape index (κ1) is 14.2. The van der Waals surface area contributed by atoms with Crippen LogP contribution in [0.2, 0.25) is 5.02 Å². The molecule has 0 spiro atoms. The van der Waals surface area contributed by atoms with E-state index in [2.05, 4.69) is 5.32 Å². The summed E-state index contributed by atoms with van der Waals surface area (Å²) in [7, 11) is 1.64. The molecular weight excluding hydrogens is 248 g/mol. The Bertz CT molecular complexity index is 372. The zero-order chi connectivity index (χ0) is 12.9. The van der Waals surface area contributed by atoms with Crippen molar-refractivity contribution in [1.29, 1.82) is 0 Å². The average Bonchev–Trinajstić information content (AvgIpc) is 2.29. The summed E-state index contributed by atoms with van der Waals surface area (Å²) in [6.07, 6.45) is -0.256. The molecule has 1 rings (SSSR count). The van der Waals surface area contributed by atoms with Crippen LogP contribution < -0.4 is 10.1 Å². The van der Waals surface area contributed by atoms with Crippen LogP contribution in [-0.2, 0) is 5.92 Å². The maximum absolute atomic E-state index is 13.7. The van der Waals surface area contributed by atoms with Gasteiger partial charge in [0, 0.05) is 18.5 Å². The minimum Gasteiger partial charge on any atom is -0.492 e. The van der Waals surface area contributed by atoms with Gasteiger partial charge in [-0.05, 0) is 32.2 Å². The van der Waals surface area contributed by atoms with Gasteiger partial charge in [-0.3, -0.25) is 0 Å². The summed E-state index contributed by atoms with van der Waals surface area (Å²) in [6, 6.07) is 4.10. The molecule has 0 aliphatic rings. The lowest BCUT2D eigenvalue weighted by Crippen LogP contribution is -2.20. The third-order valence-corrected chi connectivity index (χ3v) is 2.64. The average molecular weight is 264 g/mol. The van der Waals surface area contributed by atoms with Gasteiger partial charge in [-0.2, -0.15) is 0 Å². The Morgan fingerprint density at radius 2 is 2.12 bits per heavy atom. The highest BCUT2D eigenvalue weighted by molar-refractivity contribution is 6.32. The van der Waals surface area contributed by atoms with Gasteiger partial charge < -0.3 is 10.1 Å². The fourth-order valence-electron chi connectivity index (χ4n) is 1.43. The number of hydrogen-bond donors (Lipinski definition) is 1. The molecule has 0 amide bonds. The zero-order valence-electron chi connectivity index (χ0n) is 9.90.